The van der Waals surface area contributed by atoms with Crippen LogP contribution in [0.1, 0.15) is 136 Å². The zero-order valence-corrected chi connectivity index (χ0v) is 22.0. The quantitative estimate of drug-likeness (QED) is 0.267. The number of unbranched alkanes of at least 4 members (excludes halogenated alkanes) is 7. The largest absolute Gasteiger partial charge is 0.462 e. The van der Waals surface area contributed by atoms with Crippen LogP contribution in [0.2, 0.25) is 0 Å². The third-order valence-corrected chi connectivity index (χ3v) is 11.1. The molecule has 0 saturated heterocycles. The highest BCUT2D eigenvalue weighted by Gasteiger charge is 2.61. The highest BCUT2D eigenvalue weighted by molar-refractivity contribution is 5.69. The van der Waals surface area contributed by atoms with Gasteiger partial charge in [-0.25, -0.2) is 0 Å². The Morgan fingerprint density at radius 2 is 1.48 bits per heavy atom. The predicted molar refractivity (Wildman–Crippen MR) is 135 cm³/mol. The number of aliphatic hydroxyl groups is 1. The van der Waals surface area contributed by atoms with E-state index in [-0.39, 0.29) is 23.6 Å². The van der Waals surface area contributed by atoms with E-state index in [1.54, 1.807) is 0 Å². The minimum Gasteiger partial charge on any atom is -0.462 e. The van der Waals surface area contributed by atoms with Crippen LogP contribution in [-0.4, -0.2) is 23.3 Å². The van der Waals surface area contributed by atoms with Crippen LogP contribution in [-0.2, 0) is 9.53 Å². The van der Waals surface area contributed by atoms with Gasteiger partial charge >= 0.3 is 5.97 Å². The van der Waals surface area contributed by atoms with Gasteiger partial charge in [0.25, 0.3) is 0 Å². The van der Waals surface area contributed by atoms with E-state index in [0.29, 0.717) is 17.8 Å². The summed E-state index contributed by atoms with van der Waals surface area (Å²) in [6.07, 6.45) is 21.5. The van der Waals surface area contributed by atoms with Crippen LogP contribution < -0.4 is 0 Å². The first kappa shape index (κ1) is 25.5. The number of esters is 1. The molecule has 0 spiro atoms. The number of ether oxygens (including phenoxy) is 1. The molecule has 0 aliphatic heterocycles. The van der Waals surface area contributed by atoms with Crippen molar-refractivity contribution in [3.8, 4) is 0 Å². The van der Waals surface area contributed by atoms with Crippen molar-refractivity contribution in [3.05, 3.63) is 0 Å². The molecular weight excluding hydrogens is 408 g/mol. The molecule has 1 N–H and O–H groups in total. The average molecular weight is 461 g/mol. The van der Waals surface area contributed by atoms with E-state index < -0.39 is 0 Å². The number of aliphatic hydroxyl groups excluding tert-OH is 1. The van der Waals surface area contributed by atoms with Gasteiger partial charge in [-0.15, -0.1) is 0 Å². The van der Waals surface area contributed by atoms with Crippen LogP contribution >= 0.6 is 0 Å². The molecule has 0 amide bonds. The van der Waals surface area contributed by atoms with Gasteiger partial charge in [0.2, 0.25) is 0 Å². The van der Waals surface area contributed by atoms with Crippen molar-refractivity contribution in [1.29, 1.82) is 0 Å². The third-order valence-electron chi connectivity index (χ3n) is 11.1. The smallest absolute Gasteiger partial charge is 0.306 e. The van der Waals surface area contributed by atoms with Crippen molar-refractivity contribution < 1.29 is 14.6 Å². The topological polar surface area (TPSA) is 46.5 Å². The monoisotopic (exact) mass is 460 g/mol. The second kappa shape index (κ2) is 11.0. The Hall–Kier alpha value is -0.570. The summed E-state index contributed by atoms with van der Waals surface area (Å²) in [5.74, 6) is 3.12. The van der Waals surface area contributed by atoms with Gasteiger partial charge in [0.15, 0.2) is 0 Å². The lowest BCUT2D eigenvalue weighted by atomic mass is 9.45. The first-order valence-corrected chi connectivity index (χ1v) is 14.8. The highest BCUT2D eigenvalue weighted by atomic mass is 16.5. The van der Waals surface area contributed by atoms with Gasteiger partial charge in [-0.05, 0) is 93.3 Å². The van der Waals surface area contributed by atoms with Crippen molar-refractivity contribution >= 4 is 5.97 Å². The minimum absolute atomic E-state index is 0.0620. The molecule has 4 rings (SSSR count). The maximum absolute atomic E-state index is 12.7. The van der Waals surface area contributed by atoms with E-state index in [4.69, 9.17) is 4.74 Å². The van der Waals surface area contributed by atoms with Gasteiger partial charge in [0, 0.05) is 11.8 Å². The van der Waals surface area contributed by atoms with Crippen LogP contribution in [0, 0.1) is 34.5 Å². The molecule has 8 atom stereocenters. The van der Waals surface area contributed by atoms with E-state index >= 15 is 0 Å². The average Bonchev–Trinajstić information content (AvgIpc) is 3.12. The Labute approximate surface area is 203 Å². The van der Waals surface area contributed by atoms with Gasteiger partial charge in [-0.1, -0.05) is 65.7 Å². The van der Waals surface area contributed by atoms with Crippen LogP contribution in [0.4, 0.5) is 0 Å². The van der Waals surface area contributed by atoms with Gasteiger partial charge in [-0.3, -0.25) is 4.79 Å². The second-order valence-corrected chi connectivity index (χ2v) is 12.9. The molecule has 3 nitrogen and oxygen atoms in total. The molecule has 0 bridgehead atoms. The van der Waals surface area contributed by atoms with Crippen molar-refractivity contribution in [2.24, 2.45) is 34.5 Å². The number of carbonyl (C=O) groups is 1. The summed E-state index contributed by atoms with van der Waals surface area (Å²) in [7, 11) is 0. The molecule has 0 heterocycles. The number of hydrogen-bond acceptors (Lipinski definition) is 3. The maximum atomic E-state index is 12.7. The van der Waals surface area contributed by atoms with Crippen LogP contribution in [0.25, 0.3) is 0 Å². The Bertz CT molecular complexity index is 646. The van der Waals surface area contributed by atoms with E-state index in [9.17, 15) is 9.90 Å². The molecule has 4 aliphatic rings. The molecule has 4 fully saturated rings. The highest BCUT2D eigenvalue weighted by Crippen LogP contribution is 2.66. The molecule has 0 unspecified atom stereocenters. The molecule has 0 radical (unpaired) electrons. The number of fused-ring (bicyclic) bond motifs is 5. The zero-order valence-electron chi connectivity index (χ0n) is 22.0. The molecule has 0 aromatic carbocycles. The second-order valence-electron chi connectivity index (χ2n) is 12.9. The molecule has 3 heteroatoms. The first-order chi connectivity index (χ1) is 15.9. The molecule has 33 heavy (non-hydrogen) atoms. The van der Waals surface area contributed by atoms with Crippen molar-refractivity contribution in [1.82, 2.24) is 0 Å². The summed E-state index contributed by atoms with van der Waals surface area (Å²) >= 11 is 0. The number of carbonyl (C=O) groups excluding carboxylic acids is 1. The van der Waals surface area contributed by atoms with Crippen LogP contribution in [0.3, 0.4) is 0 Å². The van der Waals surface area contributed by atoms with E-state index in [1.807, 2.05) is 0 Å². The van der Waals surface area contributed by atoms with Crippen molar-refractivity contribution in [2.75, 3.05) is 0 Å². The minimum atomic E-state index is -0.0650. The Morgan fingerprint density at radius 3 is 2.24 bits per heavy atom. The van der Waals surface area contributed by atoms with E-state index in [1.165, 1.54) is 83.5 Å². The number of hydrogen-bond donors (Lipinski definition) is 1. The lowest BCUT2D eigenvalue weighted by Crippen LogP contribution is -2.54. The van der Waals surface area contributed by atoms with Gasteiger partial charge in [0.1, 0.15) is 6.10 Å². The fourth-order valence-electron chi connectivity index (χ4n) is 9.00. The zero-order chi connectivity index (χ0) is 23.5. The summed E-state index contributed by atoms with van der Waals surface area (Å²) in [5.41, 5.74) is 0.613. The van der Waals surface area contributed by atoms with Gasteiger partial charge in [0.05, 0.1) is 6.10 Å². The lowest BCUT2D eigenvalue weighted by molar-refractivity contribution is -0.165. The van der Waals surface area contributed by atoms with E-state index in [2.05, 4.69) is 20.8 Å². The fraction of sp³-hybridized carbons (Fsp3) is 0.967. The lowest BCUT2D eigenvalue weighted by Gasteiger charge is -2.60. The van der Waals surface area contributed by atoms with Crippen molar-refractivity contribution in [2.45, 2.75) is 149 Å². The molecular formula is C30H52O3. The van der Waals surface area contributed by atoms with E-state index in [0.717, 1.165) is 43.4 Å². The fourth-order valence-corrected chi connectivity index (χ4v) is 9.00. The third kappa shape index (κ3) is 5.34. The molecule has 190 valence electrons. The molecule has 0 aromatic heterocycles. The van der Waals surface area contributed by atoms with Crippen LogP contribution in [0.15, 0.2) is 0 Å². The van der Waals surface area contributed by atoms with Gasteiger partial charge < -0.3 is 9.84 Å². The first-order valence-electron chi connectivity index (χ1n) is 14.8. The van der Waals surface area contributed by atoms with Gasteiger partial charge in [-0.2, -0.15) is 0 Å². The number of rotatable bonds is 10. The molecule has 4 saturated carbocycles. The Morgan fingerprint density at radius 1 is 0.818 bits per heavy atom. The summed E-state index contributed by atoms with van der Waals surface area (Å²) in [5, 5.41) is 10.3. The van der Waals surface area contributed by atoms with Crippen LogP contribution in [0.5, 0.6) is 0 Å². The summed E-state index contributed by atoms with van der Waals surface area (Å²) < 4.78 is 6.20. The van der Waals surface area contributed by atoms with Crippen molar-refractivity contribution in [3.63, 3.8) is 0 Å². The summed E-state index contributed by atoms with van der Waals surface area (Å²) in [4.78, 5) is 12.7. The Balaban J connectivity index is 1.25. The standard InChI is InChI=1S/C30H52O3/c1-4-5-6-7-8-9-10-11-12-28(32)33-27-16-15-25-24-14-13-22-21-23(31)17-19-29(22,2)26(24)18-20-30(25,27)3/h22-27,31H,4-21H2,1-3H3/t22-,23+,24-,25-,26-,27-,29-,30-/m0/s1. The SMILES string of the molecule is CCCCCCCCCCC(=O)O[C@H]1CC[C@H]2[C@@H]3CC[C@H]4C[C@H](O)CC[C@]4(C)[C@H]3CC[C@]12C. The Kier molecular flexibility index (Phi) is 8.51. The summed E-state index contributed by atoms with van der Waals surface area (Å²) in [6.45, 7) is 7.27. The molecule has 0 aromatic rings. The normalized spacial score (nSPS) is 42.3. The molecule has 4 aliphatic carbocycles. The summed E-state index contributed by atoms with van der Waals surface area (Å²) in [6, 6.07) is 0. The maximum Gasteiger partial charge on any atom is 0.306 e. The predicted octanol–water partition coefficient (Wildman–Crippen LogP) is 7.83.